The molecule has 0 spiro atoms. The molecule has 18 heavy (non-hydrogen) atoms. The standard InChI is InChI=1S/C15H15Cl2N/c1-10-2-5-12(6-3-10)15(18)9-11-4-7-13(16)14(17)8-11/h2-8,15H,9,18H2,1H3. The summed E-state index contributed by atoms with van der Waals surface area (Å²) in [7, 11) is 0. The van der Waals surface area contributed by atoms with Crippen LogP contribution in [-0.2, 0) is 6.42 Å². The minimum atomic E-state index is -0.0251. The number of benzene rings is 2. The Kier molecular flexibility index (Phi) is 4.28. The van der Waals surface area contributed by atoms with Gasteiger partial charge in [0, 0.05) is 6.04 Å². The second-order valence-corrected chi connectivity index (χ2v) is 5.28. The lowest BCUT2D eigenvalue weighted by Gasteiger charge is -2.13. The van der Waals surface area contributed by atoms with Crippen LogP contribution in [0, 0.1) is 6.92 Å². The van der Waals surface area contributed by atoms with Gasteiger partial charge in [-0.25, -0.2) is 0 Å². The molecular formula is C15H15Cl2N. The van der Waals surface area contributed by atoms with Crippen molar-refractivity contribution in [2.45, 2.75) is 19.4 Å². The number of nitrogens with two attached hydrogens (primary N) is 1. The molecular weight excluding hydrogens is 265 g/mol. The highest BCUT2D eigenvalue weighted by Crippen LogP contribution is 2.25. The summed E-state index contributed by atoms with van der Waals surface area (Å²) in [5.74, 6) is 0. The van der Waals surface area contributed by atoms with Gasteiger partial charge in [0.1, 0.15) is 0 Å². The first-order chi connectivity index (χ1) is 8.56. The van der Waals surface area contributed by atoms with Gasteiger partial charge in [0.25, 0.3) is 0 Å². The Labute approximate surface area is 118 Å². The quantitative estimate of drug-likeness (QED) is 0.877. The molecule has 0 fully saturated rings. The molecule has 1 nitrogen and oxygen atoms in total. The summed E-state index contributed by atoms with van der Waals surface area (Å²) >= 11 is 11.9. The third kappa shape index (κ3) is 3.26. The Morgan fingerprint density at radius 3 is 2.28 bits per heavy atom. The van der Waals surface area contributed by atoms with Crippen LogP contribution in [-0.4, -0.2) is 0 Å². The number of halogens is 2. The first-order valence-electron chi connectivity index (χ1n) is 5.82. The second kappa shape index (κ2) is 5.75. The first kappa shape index (κ1) is 13.4. The van der Waals surface area contributed by atoms with Crippen LogP contribution in [0.2, 0.25) is 10.0 Å². The van der Waals surface area contributed by atoms with E-state index in [0.717, 1.165) is 17.5 Å². The monoisotopic (exact) mass is 279 g/mol. The van der Waals surface area contributed by atoms with Gasteiger partial charge in [0.15, 0.2) is 0 Å². The number of rotatable bonds is 3. The summed E-state index contributed by atoms with van der Waals surface area (Å²) in [6, 6.07) is 13.9. The molecule has 0 radical (unpaired) electrons. The predicted octanol–water partition coefficient (Wildman–Crippen LogP) is 4.54. The molecule has 2 aromatic rings. The lowest BCUT2D eigenvalue weighted by atomic mass is 9.99. The van der Waals surface area contributed by atoms with E-state index in [1.54, 1.807) is 6.07 Å². The van der Waals surface area contributed by atoms with Crippen molar-refractivity contribution in [3.05, 3.63) is 69.2 Å². The molecule has 0 saturated heterocycles. The molecule has 0 aliphatic carbocycles. The zero-order valence-corrected chi connectivity index (χ0v) is 11.7. The number of hydrogen-bond donors (Lipinski definition) is 1. The Hall–Kier alpha value is -1.02. The molecule has 2 aromatic carbocycles. The van der Waals surface area contributed by atoms with Crippen LogP contribution in [0.4, 0.5) is 0 Å². The molecule has 0 aliphatic rings. The Bertz CT molecular complexity index is 535. The third-order valence-electron chi connectivity index (χ3n) is 2.95. The van der Waals surface area contributed by atoms with Crippen molar-refractivity contribution in [3.63, 3.8) is 0 Å². The minimum Gasteiger partial charge on any atom is -0.324 e. The summed E-state index contributed by atoms with van der Waals surface area (Å²) in [4.78, 5) is 0. The maximum absolute atomic E-state index is 6.19. The summed E-state index contributed by atoms with van der Waals surface area (Å²) in [6.07, 6.45) is 0.750. The van der Waals surface area contributed by atoms with Crippen LogP contribution in [0.25, 0.3) is 0 Å². The Morgan fingerprint density at radius 1 is 1.00 bits per heavy atom. The normalized spacial score (nSPS) is 12.4. The van der Waals surface area contributed by atoms with Gasteiger partial charge >= 0.3 is 0 Å². The van der Waals surface area contributed by atoms with Crippen molar-refractivity contribution in [3.8, 4) is 0 Å². The summed E-state index contributed by atoms with van der Waals surface area (Å²) in [5.41, 5.74) is 9.65. The SMILES string of the molecule is Cc1ccc(C(N)Cc2ccc(Cl)c(Cl)c2)cc1. The van der Waals surface area contributed by atoms with E-state index in [2.05, 4.69) is 31.2 Å². The molecule has 0 bridgehead atoms. The van der Waals surface area contributed by atoms with E-state index in [-0.39, 0.29) is 6.04 Å². The maximum Gasteiger partial charge on any atom is 0.0595 e. The summed E-state index contributed by atoms with van der Waals surface area (Å²) < 4.78 is 0. The zero-order valence-electron chi connectivity index (χ0n) is 10.2. The molecule has 2 N–H and O–H groups in total. The largest absolute Gasteiger partial charge is 0.324 e. The highest BCUT2D eigenvalue weighted by atomic mass is 35.5. The maximum atomic E-state index is 6.19. The molecule has 0 aliphatic heterocycles. The fourth-order valence-corrected chi connectivity index (χ4v) is 2.17. The average Bonchev–Trinajstić information content (AvgIpc) is 2.34. The van der Waals surface area contributed by atoms with Gasteiger partial charge in [-0.15, -0.1) is 0 Å². The van der Waals surface area contributed by atoms with E-state index in [1.807, 2.05) is 12.1 Å². The van der Waals surface area contributed by atoms with E-state index in [4.69, 9.17) is 28.9 Å². The summed E-state index contributed by atoms with van der Waals surface area (Å²) in [5, 5.41) is 1.15. The van der Waals surface area contributed by atoms with Gasteiger partial charge in [-0.3, -0.25) is 0 Å². The fourth-order valence-electron chi connectivity index (χ4n) is 1.85. The number of aryl methyl sites for hydroxylation is 1. The smallest absolute Gasteiger partial charge is 0.0595 e. The minimum absolute atomic E-state index is 0.0251. The van der Waals surface area contributed by atoms with Crippen LogP contribution in [0.5, 0.6) is 0 Å². The van der Waals surface area contributed by atoms with Crippen LogP contribution in [0.3, 0.4) is 0 Å². The second-order valence-electron chi connectivity index (χ2n) is 4.47. The Balaban J connectivity index is 2.13. The van der Waals surface area contributed by atoms with Crippen molar-refractivity contribution in [1.82, 2.24) is 0 Å². The van der Waals surface area contributed by atoms with Gasteiger partial charge in [0.2, 0.25) is 0 Å². The predicted molar refractivity (Wildman–Crippen MR) is 78.3 cm³/mol. The van der Waals surface area contributed by atoms with E-state index < -0.39 is 0 Å². The van der Waals surface area contributed by atoms with Gasteiger partial charge in [-0.05, 0) is 36.6 Å². The zero-order chi connectivity index (χ0) is 13.1. The molecule has 1 unspecified atom stereocenters. The first-order valence-corrected chi connectivity index (χ1v) is 6.58. The molecule has 2 rings (SSSR count). The molecule has 0 aromatic heterocycles. The molecule has 1 atom stereocenters. The summed E-state index contributed by atoms with van der Waals surface area (Å²) in [6.45, 7) is 2.06. The van der Waals surface area contributed by atoms with Gasteiger partial charge in [0.05, 0.1) is 10.0 Å². The Morgan fingerprint density at radius 2 is 1.67 bits per heavy atom. The van der Waals surface area contributed by atoms with Crippen molar-refractivity contribution >= 4 is 23.2 Å². The lowest BCUT2D eigenvalue weighted by Crippen LogP contribution is -2.13. The van der Waals surface area contributed by atoms with Crippen molar-refractivity contribution in [1.29, 1.82) is 0 Å². The third-order valence-corrected chi connectivity index (χ3v) is 3.68. The van der Waals surface area contributed by atoms with Gasteiger partial charge in [-0.2, -0.15) is 0 Å². The van der Waals surface area contributed by atoms with Crippen LogP contribution < -0.4 is 5.73 Å². The highest BCUT2D eigenvalue weighted by Gasteiger charge is 2.08. The van der Waals surface area contributed by atoms with E-state index in [0.29, 0.717) is 10.0 Å². The molecule has 3 heteroatoms. The van der Waals surface area contributed by atoms with Crippen molar-refractivity contribution in [2.24, 2.45) is 5.73 Å². The van der Waals surface area contributed by atoms with E-state index >= 15 is 0 Å². The van der Waals surface area contributed by atoms with Crippen molar-refractivity contribution < 1.29 is 0 Å². The fraction of sp³-hybridized carbons (Fsp3) is 0.200. The van der Waals surface area contributed by atoms with Gasteiger partial charge in [-0.1, -0.05) is 59.1 Å². The molecule has 0 saturated carbocycles. The van der Waals surface area contributed by atoms with Crippen molar-refractivity contribution in [2.75, 3.05) is 0 Å². The van der Waals surface area contributed by atoms with Crippen LogP contribution >= 0.6 is 23.2 Å². The molecule has 0 amide bonds. The molecule has 94 valence electrons. The topological polar surface area (TPSA) is 26.0 Å². The highest BCUT2D eigenvalue weighted by molar-refractivity contribution is 6.42. The van der Waals surface area contributed by atoms with E-state index in [1.165, 1.54) is 5.56 Å². The van der Waals surface area contributed by atoms with Crippen LogP contribution in [0.1, 0.15) is 22.7 Å². The van der Waals surface area contributed by atoms with E-state index in [9.17, 15) is 0 Å². The average molecular weight is 280 g/mol. The number of hydrogen-bond acceptors (Lipinski definition) is 1. The van der Waals surface area contributed by atoms with Gasteiger partial charge < -0.3 is 5.73 Å². The van der Waals surface area contributed by atoms with Crippen LogP contribution in [0.15, 0.2) is 42.5 Å². The molecule has 0 heterocycles. The lowest BCUT2D eigenvalue weighted by molar-refractivity contribution is 0.722.